The highest BCUT2D eigenvalue weighted by Crippen LogP contribution is 2.46. The molecule has 0 radical (unpaired) electrons. The summed E-state index contributed by atoms with van der Waals surface area (Å²) in [6.07, 6.45) is 2.06. The van der Waals surface area contributed by atoms with Crippen molar-refractivity contribution in [2.75, 3.05) is 20.6 Å². The molecule has 3 nitrogen and oxygen atoms in total. The van der Waals surface area contributed by atoms with Crippen molar-refractivity contribution < 1.29 is 4.79 Å². The minimum atomic E-state index is -0.103. The van der Waals surface area contributed by atoms with Crippen molar-refractivity contribution in [1.82, 2.24) is 10.2 Å². The van der Waals surface area contributed by atoms with E-state index in [1.54, 1.807) is 11.3 Å². The van der Waals surface area contributed by atoms with E-state index in [1.807, 2.05) is 19.0 Å². The molecule has 1 aliphatic rings. The molecule has 0 saturated heterocycles. The fraction of sp³-hybridized carbons (Fsp3) is 0.615. The minimum Gasteiger partial charge on any atom is -0.340 e. The quantitative estimate of drug-likeness (QED) is 0.869. The number of carbonyl (C=O) groups is 1. The number of carbonyl (C=O) groups excluding carboxylic acids is 1. The Balaban J connectivity index is 1.99. The first-order chi connectivity index (χ1) is 8.09. The Labute approximate surface area is 107 Å². The normalized spacial score (nSPS) is 16.9. The van der Waals surface area contributed by atoms with E-state index in [0.29, 0.717) is 5.91 Å². The molecule has 0 bridgehead atoms. The van der Waals surface area contributed by atoms with Crippen molar-refractivity contribution in [3.63, 3.8) is 0 Å². The van der Waals surface area contributed by atoms with Crippen molar-refractivity contribution in [2.45, 2.75) is 26.3 Å². The van der Waals surface area contributed by atoms with Gasteiger partial charge in [-0.05, 0) is 43.8 Å². The van der Waals surface area contributed by atoms with Crippen molar-refractivity contribution in [3.05, 3.63) is 21.9 Å². The maximum Gasteiger partial charge on any atom is 0.230 e. The van der Waals surface area contributed by atoms with Crippen LogP contribution in [0, 0.1) is 12.3 Å². The van der Waals surface area contributed by atoms with Gasteiger partial charge >= 0.3 is 0 Å². The van der Waals surface area contributed by atoms with E-state index >= 15 is 0 Å². The van der Waals surface area contributed by atoms with Crippen LogP contribution in [0.1, 0.15) is 23.3 Å². The molecule has 0 aliphatic heterocycles. The molecule has 2 rings (SSSR count). The van der Waals surface area contributed by atoms with E-state index in [2.05, 4.69) is 23.7 Å². The molecule has 1 heterocycles. The van der Waals surface area contributed by atoms with Gasteiger partial charge in [-0.25, -0.2) is 0 Å². The fourth-order valence-corrected chi connectivity index (χ4v) is 3.17. The standard InChI is InChI=1S/C13H20N2OS/c1-10-4-7-17-11(10)8-15(3)12(16)13(5-6-13)9-14-2/h4,7,14H,5-6,8-9H2,1-3H3. The minimum absolute atomic E-state index is 0.103. The molecule has 0 aromatic carbocycles. The summed E-state index contributed by atoms with van der Waals surface area (Å²) in [5.41, 5.74) is 1.18. The van der Waals surface area contributed by atoms with Crippen LogP contribution >= 0.6 is 11.3 Å². The Bertz CT molecular complexity index is 409. The molecule has 0 unspecified atom stereocenters. The van der Waals surface area contributed by atoms with Gasteiger partial charge in [0.15, 0.2) is 0 Å². The summed E-state index contributed by atoms with van der Waals surface area (Å²) in [5.74, 6) is 0.291. The molecular formula is C13H20N2OS. The van der Waals surface area contributed by atoms with E-state index in [1.165, 1.54) is 10.4 Å². The van der Waals surface area contributed by atoms with Gasteiger partial charge in [-0.15, -0.1) is 11.3 Å². The number of aryl methyl sites for hydroxylation is 1. The lowest BCUT2D eigenvalue weighted by Gasteiger charge is -2.23. The highest BCUT2D eigenvalue weighted by Gasteiger charge is 2.50. The lowest BCUT2D eigenvalue weighted by molar-refractivity contribution is -0.136. The first-order valence-corrected chi connectivity index (χ1v) is 6.90. The van der Waals surface area contributed by atoms with Crippen LogP contribution in [0.25, 0.3) is 0 Å². The van der Waals surface area contributed by atoms with Crippen LogP contribution in [0.15, 0.2) is 11.4 Å². The molecule has 1 N–H and O–H groups in total. The van der Waals surface area contributed by atoms with E-state index in [-0.39, 0.29) is 5.41 Å². The van der Waals surface area contributed by atoms with Gasteiger partial charge in [-0.3, -0.25) is 4.79 Å². The number of hydrogen-bond donors (Lipinski definition) is 1. The fourth-order valence-electron chi connectivity index (χ4n) is 2.21. The van der Waals surface area contributed by atoms with Crippen LogP contribution in [0.3, 0.4) is 0 Å². The Morgan fingerprint density at radius 3 is 2.76 bits per heavy atom. The van der Waals surface area contributed by atoms with Gasteiger partial charge in [0.05, 0.1) is 12.0 Å². The molecule has 94 valence electrons. The van der Waals surface area contributed by atoms with Crippen molar-refractivity contribution in [2.24, 2.45) is 5.41 Å². The third-order valence-electron chi connectivity index (χ3n) is 3.52. The zero-order valence-corrected chi connectivity index (χ0v) is 11.6. The number of hydrogen-bond acceptors (Lipinski definition) is 3. The smallest absolute Gasteiger partial charge is 0.230 e. The molecule has 1 aromatic heterocycles. The summed E-state index contributed by atoms with van der Waals surface area (Å²) < 4.78 is 0. The van der Waals surface area contributed by atoms with Gasteiger partial charge in [0.1, 0.15) is 0 Å². The second kappa shape index (κ2) is 4.78. The summed E-state index contributed by atoms with van der Waals surface area (Å²) in [7, 11) is 3.83. The van der Waals surface area contributed by atoms with Crippen LogP contribution < -0.4 is 5.32 Å². The third kappa shape index (κ3) is 2.53. The second-order valence-electron chi connectivity index (χ2n) is 5.00. The van der Waals surface area contributed by atoms with Gasteiger partial charge in [-0.2, -0.15) is 0 Å². The number of rotatable bonds is 5. The Morgan fingerprint density at radius 2 is 2.29 bits per heavy atom. The summed E-state index contributed by atoms with van der Waals surface area (Å²) >= 11 is 1.73. The second-order valence-corrected chi connectivity index (χ2v) is 6.00. The summed E-state index contributed by atoms with van der Waals surface area (Å²) in [5, 5.41) is 5.22. The third-order valence-corrected chi connectivity index (χ3v) is 4.53. The SMILES string of the molecule is CNCC1(C(=O)N(C)Cc2sccc2C)CC1. The number of nitrogens with one attached hydrogen (secondary N) is 1. The zero-order valence-electron chi connectivity index (χ0n) is 10.7. The largest absolute Gasteiger partial charge is 0.340 e. The molecule has 1 aromatic rings. The number of amides is 1. The molecule has 0 spiro atoms. The molecule has 1 amide bonds. The van der Waals surface area contributed by atoms with E-state index in [0.717, 1.165) is 25.9 Å². The monoisotopic (exact) mass is 252 g/mol. The molecule has 0 atom stereocenters. The first-order valence-electron chi connectivity index (χ1n) is 6.02. The first kappa shape index (κ1) is 12.6. The Kier molecular flexibility index (Phi) is 3.54. The molecule has 4 heteroatoms. The highest BCUT2D eigenvalue weighted by molar-refractivity contribution is 7.10. The summed E-state index contributed by atoms with van der Waals surface area (Å²) in [6.45, 7) is 3.65. The lowest BCUT2D eigenvalue weighted by Crippen LogP contribution is -2.38. The van der Waals surface area contributed by atoms with Gasteiger partial charge in [0, 0.05) is 18.5 Å². The van der Waals surface area contributed by atoms with Crippen molar-refractivity contribution >= 4 is 17.2 Å². The molecule has 1 aliphatic carbocycles. The van der Waals surface area contributed by atoms with Crippen LogP contribution in [0.5, 0.6) is 0 Å². The average Bonchev–Trinajstić information content (AvgIpc) is 2.98. The maximum atomic E-state index is 12.3. The highest BCUT2D eigenvalue weighted by atomic mass is 32.1. The van der Waals surface area contributed by atoms with Crippen molar-refractivity contribution in [1.29, 1.82) is 0 Å². The van der Waals surface area contributed by atoms with Gasteiger partial charge < -0.3 is 10.2 Å². The van der Waals surface area contributed by atoms with Crippen LogP contribution in [0.4, 0.5) is 0 Å². The Hall–Kier alpha value is -0.870. The van der Waals surface area contributed by atoms with Gasteiger partial charge in [-0.1, -0.05) is 0 Å². The predicted molar refractivity (Wildman–Crippen MR) is 71.1 cm³/mol. The number of thiophene rings is 1. The maximum absolute atomic E-state index is 12.3. The summed E-state index contributed by atoms with van der Waals surface area (Å²) in [6, 6.07) is 2.11. The van der Waals surface area contributed by atoms with Crippen LogP contribution in [-0.2, 0) is 11.3 Å². The summed E-state index contributed by atoms with van der Waals surface area (Å²) in [4.78, 5) is 15.5. The molecule has 1 saturated carbocycles. The zero-order chi connectivity index (χ0) is 12.5. The van der Waals surface area contributed by atoms with E-state index in [9.17, 15) is 4.79 Å². The topological polar surface area (TPSA) is 32.3 Å². The lowest BCUT2D eigenvalue weighted by atomic mass is 10.1. The Morgan fingerprint density at radius 1 is 1.59 bits per heavy atom. The van der Waals surface area contributed by atoms with Crippen molar-refractivity contribution in [3.8, 4) is 0 Å². The molecule has 17 heavy (non-hydrogen) atoms. The van der Waals surface area contributed by atoms with Gasteiger partial charge in [0.2, 0.25) is 5.91 Å². The van der Waals surface area contributed by atoms with E-state index < -0.39 is 0 Å². The average molecular weight is 252 g/mol. The molecule has 1 fully saturated rings. The van der Waals surface area contributed by atoms with E-state index in [4.69, 9.17) is 0 Å². The number of nitrogens with zero attached hydrogens (tertiary/aromatic N) is 1. The van der Waals surface area contributed by atoms with Crippen LogP contribution in [0.2, 0.25) is 0 Å². The predicted octanol–water partition coefficient (Wildman–Crippen LogP) is 2.01. The van der Waals surface area contributed by atoms with Crippen LogP contribution in [-0.4, -0.2) is 31.4 Å². The van der Waals surface area contributed by atoms with Gasteiger partial charge in [0.25, 0.3) is 0 Å². The molecular weight excluding hydrogens is 232 g/mol.